The minimum Gasteiger partial charge on any atom is -0.508 e. The van der Waals surface area contributed by atoms with E-state index in [9.17, 15) is 5.11 Å². The van der Waals surface area contributed by atoms with Crippen LogP contribution in [0.15, 0.2) is 71.2 Å². The molecule has 0 aliphatic rings. The van der Waals surface area contributed by atoms with E-state index in [2.05, 4.69) is 33.0 Å². The van der Waals surface area contributed by atoms with Gasteiger partial charge < -0.3 is 14.8 Å². The zero-order chi connectivity index (χ0) is 17.4. The molecular formula is C21H16BrNO2. The number of phenols is 1. The number of H-pyrrole nitrogens is 1. The number of nitrogens with one attached hydrogen (secondary N) is 1. The third-order valence-electron chi connectivity index (χ3n) is 4.30. The molecule has 4 aromatic rings. The minimum absolute atomic E-state index is 0.260. The molecule has 0 fully saturated rings. The van der Waals surface area contributed by atoms with Crippen molar-refractivity contribution in [2.45, 2.75) is 0 Å². The number of methoxy groups -OCH3 is 1. The number of hydrogen-bond acceptors (Lipinski definition) is 2. The fourth-order valence-corrected chi connectivity index (χ4v) is 3.43. The van der Waals surface area contributed by atoms with Crippen molar-refractivity contribution in [3.05, 3.63) is 71.2 Å². The third-order valence-corrected chi connectivity index (χ3v) is 4.79. The number of fused-ring (bicyclic) bond motifs is 1. The minimum atomic E-state index is 0.260. The molecular weight excluding hydrogens is 378 g/mol. The Morgan fingerprint density at radius 1 is 0.880 bits per heavy atom. The molecule has 4 heteroatoms. The Morgan fingerprint density at radius 3 is 2.24 bits per heavy atom. The molecule has 1 heterocycles. The number of halogens is 1. The van der Waals surface area contributed by atoms with Crippen LogP contribution in [0.4, 0.5) is 0 Å². The Bertz CT molecular complexity index is 1030. The summed E-state index contributed by atoms with van der Waals surface area (Å²) in [7, 11) is 1.66. The van der Waals surface area contributed by atoms with E-state index in [1.54, 1.807) is 19.2 Å². The van der Waals surface area contributed by atoms with Gasteiger partial charge in [0.15, 0.2) is 0 Å². The summed E-state index contributed by atoms with van der Waals surface area (Å²) >= 11 is 3.56. The van der Waals surface area contributed by atoms with Gasteiger partial charge >= 0.3 is 0 Å². The van der Waals surface area contributed by atoms with E-state index in [4.69, 9.17) is 4.74 Å². The van der Waals surface area contributed by atoms with E-state index in [-0.39, 0.29) is 5.75 Å². The lowest BCUT2D eigenvalue weighted by atomic mass is 9.98. The van der Waals surface area contributed by atoms with Crippen molar-refractivity contribution in [2.24, 2.45) is 0 Å². The van der Waals surface area contributed by atoms with Crippen molar-refractivity contribution >= 4 is 26.8 Å². The average molecular weight is 394 g/mol. The second-order valence-electron chi connectivity index (χ2n) is 5.84. The van der Waals surface area contributed by atoms with Gasteiger partial charge in [-0.1, -0.05) is 28.1 Å². The molecule has 25 heavy (non-hydrogen) atoms. The fraction of sp³-hybridized carbons (Fsp3) is 0.0476. The monoisotopic (exact) mass is 393 g/mol. The van der Waals surface area contributed by atoms with Gasteiger partial charge in [0, 0.05) is 20.9 Å². The summed E-state index contributed by atoms with van der Waals surface area (Å²) in [6, 6.07) is 21.5. The van der Waals surface area contributed by atoms with Crippen LogP contribution in [-0.2, 0) is 0 Å². The summed E-state index contributed by atoms with van der Waals surface area (Å²) in [6.07, 6.45) is 0. The first-order valence-corrected chi connectivity index (χ1v) is 8.70. The smallest absolute Gasteiger partial charge is 0.118 e. The predicted molar refractivity (Wildman–Crippen MR) is 105 cm³/mol. The molecule has 0 saturated heterocycles. The van der Waals surface area contributed by atoms with E-state index in [0.29, 0.717) is 0 Å². The lowest BCUT2D eigenvalue weighted by molar-refractivity contribution is 0.415. The van der Waals surface area contributed by atoms with Crippen molar-refractivity contribution in [3.63, 3.8) is 0 Å². The Labute approximate surface area is 154 Å². The highest BCUT2D eigenvalue weighted by Gasteiger charge is 2.15. The van der Waals surface area contributed by atoms with Gasteiger partial charge in [-0.3, -0.25) is 0 Å². The Morgan fingerprint density at radius 2 is 1.56 bits per heavy atom. The van der Waals surface area contributed by atoms with Crippen LogP contribution >= 0.6 is 15.9 Å². The number of aromatic nitrogens is 1. The van der Waals surface area contributed by atoms with Crippen LogP contribution < -0.4 is 4.74 Å². The van der Waals surface area contributed by atoms with E-state index in [1.165, 1.54) is 0 Å². The number of benzene rings is 3. The highest BCUT2D eigenvalue weighted by molar-refractivity contribution is 9.10. The number of rotatable bonds is 3. The number of aromatic amines is 1. The third kappa shape index (κ3) is 2.89. The Hall–Kier alpha value is -2.72. The van der Waals surface area contributed by atoms with Gasteiger partial charge in [-0.15, -0.1) is 0 Å². The van der Waals surface area contributed by atoms with E-state index >= 15 is 0 Å². The van der Waals surface area contributed by atoms with Gasteiger partial charge in [0.2, 0.25) is 0 Å². The maximum absolute atomic E-state index is 9.63. The van der Waals surface area contributed by atoms with Gasteiger partial charge in [-0.25, -0.2) is 0 Å². The van der Waals surface area contributed by atoms with E-state index in [0.717, 1.165) is 43.5 Å². The maximum atomic E-state index is 9.63. The molecule has 3 nitrogen and oxygen atoms in total. The molecule has 0 aliphatic carbocycles. The van der Waals surface area contributed by atoms with Gasteiger partial charge in [-0.05, 0) is 65.7 Å². The molecule has 3 aromatic carbocycles. The molecule has 0 amide bonds. The zero-order valence-electron chi connectivity index (χ0n) is 13.6. The summed E-state index contributed by atoms with van der Waals surface area (Å²) in [5.74, 6) is 1.09. The first-order chi connectivity index (χ1) is 12.2. The molecule has 0 atom stereocenters. The topological polar surface area (TPSA) is 45.2 Å². The van der Waals surface area contributed by atoms with Crippen LogP contribution in [0, 0.1) is 0 Å². The van der Waals surface area contributed by atoms with Crippen LogP contribution in [0.1, 0.15) is 0 Å². The van der Waals surface area contributed by atoms with Crippen LogP contribution in [0.5, 0.6) is 11.5 Å². The molecule has 2 N–H and O–H groups in total. The molecule has 0 aliphatic heterocycles. The summed E-state index contributed by atoms with van der Waals surface area (Å²) in [4.78, 5) is 3.53. The predicted octanol–water partition coefficient (Wildman–Crippen LogP) is 5.98. The fourth-order valence-electron chi connectivity index (χ4n) is 3.07. The van der Waals surface area contributed by atoms with Crippen molar-refractivity contribution in [1.29, 1.82) is 0 Å². The number of phenolic OH excluding ortho intramolecular Hbond substituents is 1. The largest absolute Gasteiger partial charge is 0.508 e. The van der Waals surface area contributed by atoms with Crippen LogP contribution in [0.2, 0.25) is 0 Å². The first-order valence-electron chi connectivity index (χ1n) is 7.91. The van der Waals surface area contributed by atoms with Gasteiger partial charge in [0.05, 0.1) is 12.8 Å². The quantitative estimate of drug-likeness (QED) is 0.449. The molecule has 0 spiro atoms. The highest BCUT2D eigenvalue weighted by Crippen LogP contribution is 2.40. The van der Waals surface area contributed by atoms with E-state index in [1.807, 2.05) is 42.5 Å². The standard InChI is InChI=1S/C21H16BrNO2/c1-25-17-9-4-14(5-10-17)21-20(13-2-7-16(24)8-3-13)18-12-15(22)6-11-19(18)23-21/h2-12,23-24H,1H3. The second kappa shape index (κ2) is 6.30. The van der Waals surface area contributed by atoms with Crippen molar-refractivity contribution in [2.75, 3.05) is 7.11 Å². The van der Waals surface area contributed by atoms with Gasteiger partial charge in [-0.2, -0.15) is 0 Å². The molecule has 0 unspecified atom stereocenters. The van der Waals surface area contributed by atoms with Crippen LogP contribution in [0.25, 0.3) is 33.3 Å². The normalized spacial score (nSPS) is 11.0. The number of hydrogen-bond donors (Lipinski definition) is 2. The zero-order valence-corrected chi connectivity index (χ0v) is 15.2. The van der Waals surface area contributed by atoms with Crippen molar-refractivity contribution in [3.8, 4) is 33.9 Å². The lowest BCUT2D eigenvalue weighted by Gasteiger charge is -2.07. The molecule has 1 aromatic heterocycles. The summed E-state index contributed by atoms with van der Waals surface area (Å²) < 4.78 is 6.29. The highest BCUT2D eigenvalue weighted by atomic mass is 79.9. The molecule has 0 bridgehead atoms. The average Bonchev–Trinajstić information content (AvgIpc) is 3.01. The van der Waals surface area contributed by atoms with Crippen LogP contribution in [-0.4, -0.2) is 17.2 Å². The second-order valence-corrected chi connectivity index (χ2v) is 6.76. The molecule has 124 valence electrons. The lowest BCUT2D eigenvalue weighted by Crippen LogP contribution is -1.85. The Balaban J connectivity index is 1.99. The first kappa shape index (κ1) is 15.8. The number of ether oxygens (including phenoxy) is 1. The van der Waals surface area contributed by atoms with Crippen LogP contribution in [0.3, 0.4) is 0 Å². The van der Waals surface area contributed by atoms with Gasteiger partial charge in [0.1, 0.15) is 11.5 Å². The summed E-state index contributed by atoms with van der Waals surface area (Å²) in [5, 5.41) is 10.8. The van der Waals surface area contributed by atoms with E-state index < -0.39 is 0 Å². The van der Waals surface area contributed by atoms with Gasteiger partial charge in [0.25, 0.3) is 0 Å². The molecule has 0 saturated carbocycles. The number of aromatic hydroxyl groups is 1. The Kier molecular flexibility index (Phi) is 3.98. The SMILES string of the molecule is COc1ccc(-c2[nH]c3ccc(Br)cc3c2-c2ccc(O)cc2)cc1. The maximum Gasteiger partial charge on any atom is 0.118 e. The molecule has 0 radical (unpaired) electrons. The van der Waals surface area contributed by atoms with Crippen molar-refractivity contribution in [1.82, 2.24) is 4.98 Å². The summed E-state index contributed by atoms with van der Waals surface area (Å²) in [5.41, 5.74) is 5.35. The molecule has 4 rings (SSSR count). The van der Waals surface area contributed by atoms with Crippen molar-refractivity contribution < 1.29 is 9.84 Å². The summed E-state index contributed by atoms with van der Waals surface area (Å²) in [6.45, 7) is 0.